The molecule has 2 atom stereocenters. The molecule has 2 unspecified atom stereocenters. The fourth-order valence-corrected chi connectivity index (χ4v) is 9.23. The molecular weight excluding hydrogens is 963 g/mol. The average molecular weight is 1010 g/mol. The number of ether oxygens (including phenoxy) is 2. The van der Waals surface area contributed by atoms with Crippen molar-refractivity contribution in [1.82, 2.24) is 9.80 Å². The smallest absolute Gasteiger partial charge is 0.328 e. The van der Waals surface area contributed by atoms with Crippen LogP contribution < -0.4 is 9.47 Å². The predicted octanol–water partition coefficient (Wildman–Crippen LogP) is 6.92. The molecule has 4 aliphatic heterocycles. The zero-order valence-electron chi connectivity index (χ0n) is 37.4. The van der Waals surface area contributed by atoms with Crippen LogP contribution in [0.1, 0.15) is 79.5 Å². The van der Waals surface area contributed by atoms with E-state index in [-0.39, 0.29) is 35.4 Å². The highest BCUT2D eigenvalue weighted by Crippen LogP contribution is 2.44. The van der Waals surface area contributed by atoms with Gasteiger partial charge in [-0.2, -0.15) is 0 Å². The number of carbonyl (C=O) groups is 8. The van der Waals surface area contributed by atoms with E-state index in [2.05, 4.69) is 23.9 Å². The van der Waals surface area contributed by atoms with E-state index in [1.54, 1.807) is 0 Å². The molecule has 6 heterocycles. The summed E-state index contributed by atoms with van der Waals surface area (Å²) in [6, 6.07) is 12.4. The summed E-state index contributed by atoms with van der Waals surface area (Å²) >= 11 is 2.90. The number of aliphatic carboxylic acids is 6. The Kier molecular flexibility index (Phi) is 20.8. The Morgan fingerprint density at radius 1 is 0.514 bits per heavy atom. The summed E-state index contributed by atoms with van der Waals surface area (Å²) in [5.41, 5.74) is 2.85. The zero-order valence-corrected chi connectivity index (χ0v) is 39.1. The molecule has 0 spiro atoms. The molecule has 70 heavy (non-hydrogen) atoms. The number of likely N-dealkylation sites (tertiary alicyclic amines) is 2. The van der Waals surface area contributed by atoms with Gasteiger partial charge >= 0.3 is 35.8 Å². The van der Waals surface area contributed by atoms with Crippen LogP contribution in [0.4, 0.5) is 8.78 Å². The largest absolute Gasteiger partial charge is 0.485 e. The van der Waals surface area contributed by atoms with Crippen molar-refractivity contribution in [2.75, 3.05) is 40.3 Å². The minimum absolute atomic E-state index is 0.0552. The van der Waals surface area contributed by atoms with E-state index in [1.165, 1.54) is 59.1 Å². The van der Waals surface area contributed by atoms with Crippen LogP contribution in [0.2, 0.25) is 0 Å². The number of fused-ring (bicyclic) bond motifs is 4. The Hall–Kier alpha value is -7.40. The number of hydrogen-bond acceptors (Lipinski definition) is 14. The van der Waals surface area contributed by atoms with Gasteiger partial charge in [-0.3, -0.25) is 9.59 Å². The van der Waals surface area contributed by atoms with Gasteiger partial charge in [0.25, 0.3) is 0 Å². The lowest BCUT2D eigenvalue weighted by Gasteiger charge is -2.34. The number of carboxylic acid groups (broad SMARTS) is 6. The molecule has 372 valence electrons. The van der Waals surface area contributed by atoms with Crippen LogP contribution in [0, 0.1) is 23.5 Å². The van der Waals surface area contributed by atoms with Gasteiger partial charge in [0.05, 0.1) is 20.9 Å². The number of halogens is 2. The maximum Gasteiger partial charge on any atom is 0.328 e. The highest BCUT2D eigenvalue weighted by atomic mass is 32.1. The number of rotatable bonds is 8. The Morgan fingerprint density at radius 2 is 0.800 bits per heavy atom. The van der Waals surface area contributed by atoms with Crippen molar-refractivity contribution >= 4 is 70.1 Å². The standard InChI is InChI=1S/2C18H18FNO2S.3C4H4O4/c2*1-20-7-4-11(5-8-20)17-14-6-9-23-18(14)16(21)13-3-2-12(19)10-15(13)22-17;3*5-3(6)1-2-4(7)8/h2*2-3,6,9-11,17H,4-5,7-8H2,1H3;3*1-2H,(H,5,6)(H,7,8)/b;;3*2-1+. The molecule has 0 saturated carbocycles. The van der Waals surface area contributed by atoms with Crippen molar-refractivity contribution in [2.24, 2.45) is 11.8 Å². The molecule has 2 fully saturated rings. The van der Waals surface area contributed by atoms with Gasteiger partial charge in [-0.1, -0.05) is 0 Å². The van der Waals surface area contributed by atoms with E-state index in [1.807, 2.05) is 22.9 Å². The Balaban J connectivity index is 0.000000211. The minimum atomic E-state index is -1.26. The number of ketones is 2. The SMILES string of the molecule is CN1CCC(C2Oc3cc(F)ccc3C(=O)c3sccc32)CC1.CN1CCC(C2Oc3cc(F)ccc3C(=O)c3sccc32)CC1.O=C(O)/C=C/C(=O)O.O=C(O)/C=C/C(=O)O.O=C(O)/C=C/C(=O)O. The maximum absolute atomic E-state index is 13.6. The number of hydrogen-bond donors (Lipinski definition) is 6. The summed E-state index contributed by atoms with van der Waals surface area (Å²) in [6.07, 6.45) is 7.10. The molecule has 4 aromatic rings. The molecule has 0 amide bonds. The van der Waals surface area contributed by atoms with E-state index < -0.39 is 35.8 Å². The van der Waals surface area contributed by atoms with Gasteiger partial charge < -0.3 is 49.9 Å². The van der Waals surface area contributed by atoms with Crippen LogP contribution in [0.5, 0.6) is 11.5 Å². The van der Waals surface area contributed by atoms with Gasteiger partial charge in [-0.15, -0.1) is 22.7 Å². The summed E-state index contributed by atoms with van der Waals surface area (Å²) < 4.78 is 39.7. The van der Waals surface area contributed by atoms with Crippen LogP contribution in [-0.4, -0.2) is 128 Å². The molecule has 0 radical (unpaired) electrons. The Morgan fingerprint density at radius 3 is 1.07 bits per heavy atom. The lowest BCUT2D eigenvalue weighted by molar-refractivity contribution is -0.134. The number of nitrogens with zero attached hydrogens (tertiary/aromatic N) is 2. The van der Waals surface area contributed by atoms with Gasteiger partial charge in [0.15, 0.2) is 0 Å². The molecule has 0 aliphatic carbocycles. The molecular formula is C48H48F2N2O16S2. The number of carbonyl (C=O) groups excluding carboxylic acids is 2. The topological polar surface area (TPSA) is 283 Å². The normalized spacial score (nSPS) is 17.8. The van der Waals surface area contributed by atoms with Crippen molar-refractivity contribution in [3.63, 3.8) is 0 Å². The summed E-state index contributed by atoms with van der Waals surface area (Å²) in [6.45, 7) is 4.09. The lowest BCUT2D eigenvalue weighted by Crippen LogP contribution is -2.34. The van der Waals surface area contributed by atoms with Gasteiger partial charge in [-0.05, 0) is 113 Å². The van der Waals surface area contributed by atoms with E-state index in [0.717, 1.165) is 72.7 Å². The maximum atomic E-state index is 13.6. The summed E-state index contributed by atoms with van der Waals surface area (Å²) in [5, 5.41) is 50.8. The molecule has 2 aromatic heterocycles. The van der Waals surface area contributed by atoms with Crippen LogP contribution in [0.15, 0.2) is 95.7 Å². The first-order valence-corrected chi connectivity index (χ1v) is 22.9. The highest BCUT2D eigenvalue weighted by molar-refractivity contribution is 7.12. The second-order valence-corrected chi connectivity index (χ2v) is 17.6. The average Bonchev–Trinajstić information content (AvgIpc) is 3.96. The van der Waals surface area contributed by atoms with Crippen LogP contribution in [-0.2, 0) is 28.8 Å². The van der Waals surface area contributed by atoms with E-state index in [9.17, 15) is 47.1 Å². The molecule has 8 rings (SSSR count). The molecule has 6 N–H and O–H groups in total. The Bertz CT molecular complexity index is 2390. The second kappa shape index (κ2) is 26.4. The molecule has 2 aromatic carbocycles. The van der Waals surface area contributed by atoms with Crippen molar-refractivity contribution < 1.29 is 87.3 Å². The first-order valence-electron chi connectivity index (χ1n) is 21.1. The van der Waals surface area contributed by atoms with Gasteiger partial charge in [-0.25, -0.2) is 37.5 Å². The first-order chi connectivity index (χ1) is 33.1. The number of benzene rings is 2. The number of piperidine rings is 2. The molecule has 0 bridgehead atoms. The monoisotopic (exact) mass is 1010 g/mol. The van der Waals surface area contributed by atoms with Crippen LogP contribution >= 0.6 is 22.7 Å². The van der Waals surface area contributed by atoms with Gasteiger partial charge in [0.1, 0.15) is 35.3 Å². The predicted molar refractivity (Wildman–Crippen MR) is 249 cm³/mol. The van der Waals surface area contributed by atoms with Crippen LogP contribution in [0.25, 0.3) is 0 Å². The Labute approximate surface area is 406 Å². The lowest BCUT2D eigenvalue weighted by atomic mass is 9.87. The fourth-order valence-electron chi connectivity index (χ4n) is 7.45. The first kappa shape index (κ1) is 55.2. The summed E-state index contributed by atoms with van der Waals surface area (Å²) in [4.78, 5) is 89.0. The van der Waals surface area contributed by atoms with Crippen molar-refractivity contribution in [1.29, 1.82) is 0 Å². The van der Waals surface area contributed by atoms with Gasteiger partial charge in [0.2, 0.25) is 11.6 Å². The van der Waals surface area contributed by atoms with Crippen molar-refractivity contribution in [2.45, 2.75) is 37.9 Å². The molecule has 18 nitrogen and oxygen atoms in total. The third-order valence-electron chi connectivity index (χ3n) is 10.8. The third-order valence-corrected chi connectivity index (χ3v) is 12.6. The summed E-state index contributed by atoms with van der Waals surface area (Å²) in [5.74, 6) is -6.94. The third kappa shape index (κ3) is 16.7. The van der Waals surface area contributed by atoms with Crippen LogP contribution in [0.3, 0.4) is 0 Å². The second-order valence-electron chi connectivity index (χ2n) is 15.7. The molecule has 22 heteroatoms. The highest BCUT2D eigenvalue weighted by Gasteiger charge is 2.37. The summed E-state index contributed by atoms with van der Waals surface area (Å²) in [7, 11) is 4.24. The fraction of sp³-hybridized carbons (Fsp3) is 0.292. The molecule has 2 saturated heterocycles. The molecule has 4 aliphatic rings. The minimum Gasteiger partial charge on any atom is -0.485 e. The van der Waals surface area contributed by atoms with Gasteiger partial charge in [0, 0.05) is 71.6 Å². The van der Waals surface area contributed by atoms with E-state index >= 15 is 0 Å². The van der Waals surface area contributed by atoms with E-state index in [0.29, 0.717) is 70.9 Å². The van der Waals surface area contributed by atoms with Crippen molar-refractivity contribution in [3.8, 4) is 11.5 Å². The number of thiophene rings is 2. The number of carboxylic acids is 6. The van der Waals surface area contributed by atoms with E-state index in [4.69, 9.17) is 40.1 Å². The quantitative estimate of drug-likeness (QED) is 0.0977. The zero-order chi connectivity index (χ0) is 51.7. The van der Waals surface area contributed by atoms with Crippen molar-refractivity contribution in [3.05, 3.63) is 139 Å².